The Morgan fingerprint density at radius 1 is 1.45 bits per heavy atom. The van der Waals surface area contributed by atoms with E-state index in [4.69, 9.17) is 5.73 Å². The molecule has 2 atom stereocenters. The summed E-state index contributed by atoms with van der Waals surface area (Å²) in [6.07, 6.45) is -3.99. The van der Waals surface area contributed by atoms with E-state index in [0.717, 1.165) is 6.07 Å². The second kappa shape index (κ2) is 4.73. The lowest BCUT2D eigenvalue weighted by Gasteiger charge is -2.27. The Balaban J connectivity index is 2.47. The molecule has 0 bridgehead atoms. The van der Waals surface area contributed by atoms with Gasteiger partial charge in [-0.25, -0.2) is 4.39 Å². The van der Waals surface area contributed by atoms with Crippen LogP contribution in [-0.4, -0.2) is 11.9 Å². The fourth-order valence-corrected chi connectivity index (χ4v) is 2.46. The van der Waals surface area contributed by atoms with Crippen molar-refractivity contribution in [3.05, 3.63) is 42.1 Å². The van der Waals surface area contributed by atoms with E-state index in [1.807, 2.05) is 0 Å². The van der Waals surface area contributed by atoms with Crippen LogP contribution in [0.3, 0.4) is 0 Å². The molecule has 1 heterocycles. The highest BCUT2D eigenvalue weighted by Gasteiger charge is 2.45. The largest absolute Gasteiger partial charge is 0.419 e. The molecule has 3 nitrogen and oxygen atoms in total. The number of carbonyl (C=O) groups is 1. The Bertz CT molecular complexity index is 544. The number of halogens is 4. The minimum Gasteiger partial charge on any atom is -0.368 e. The summed E-state index contributed by atoms with van der Waals surface area (Å²) in [6, 6.07) is 2.13. The fourth-order valence-electron chi connectivity index (χ4n) is 2.46. The van der Waals surface area contributed by atoms with Crippen molar-refractivity contribution in [1.82, 2.24) is 5.32 Å². The molecule has 3 N–H and O–H groups in total. The molecule has 1 radical (unpaired) electrons. The second-order valence-corrected chi connectivity index (χ2v) is 4.84. The lowest BCUT2D eigenvalue weighted by atomic mass is 9.87. The molecular formula is C13H13F4N2O. The number of hydrogen-bond donors (Lipinski definition) is 2. The van der Waals surface area contributed by atoms with Gasteiger partial charge in [-0.3, -0.25) is 10.1 Å². The third-order valence-corrected chi connectivity index (χ3v) is 3.51. The van der Waals surface area contributed by atoms with E-state index >= 15 is 0 Å². The molecule has 1 aromatic rings. The maximum atomic E-state index is 13.6. The van der Waals surface area contributed by atoms with Crippen LogP contribution in [0.15, 0.2) is 18.2 Å². The number of hydrogen-bond acceptors (Lipinski definition) is 2. The van der Waals surface area contributed by atoms with Crippen LogP contribution in [0.1, 0.15) is 24.0 Å². The molecule has 109 valence electrons. The first-order chi connectivity index (χ1) is 9.17. The first kappa shape index (κ1) is 14.8. The molecule has 2 unspecified atom stereocenters. The zero-order valence-corrected chi connectivity index (χ0v) is 10.4. The summed E-state index contributed by atoms with van der Waals surface area (Å²) in [6.45, 7) is 3.73. The highest BCUT2D eigenvalue weighted by atomic mass is 19.4. The summed E-state index contributed by atoms with van der Waals surface area (Å²) in [5, 5.41) is 2.83. The first-order valence-electron chi connectivity index (χ1n) is 5.95. The van der Waals surface area contributed by atoms with Crippen molar-refractivity contribution < 1.29 is 22.4 Å². The number of alkyl halides is 3. The van der Waals surface area contributed by atoms with Crippen molar-refractivity contribution in [2.24, 2.45) is 5.73 Å². The molecule has 0 aromatic heterocycles. The maximum absolute atomic E-state index is 13.6. The highest BCUT2D eigenvalue weighted by molar-refractivity contribution is 5.86. The van der Waals surface area contributed by atoms with Crippen LogP contribution in [0.5, 0.6) is 0 Å². The summed E-state index contributed by atoms with van der Waals surface area (Å²) in [5.41, 5.74) is 2.68. The molecule has 20 heavy (non-hydrogen) atoms. The van der Waals surface area contributed by atoms with Gasteiger partial charge in [-0.05, 0) is 37.5 Å². The van der Waals surface area contributed by atoms with Gasteiger partial charge in [-0.1, -0.05) is 6.07 Å². The van der Waals surface area contributed by atoms with Gasteiger partial charge in [-0.15, -0.1) is 0 Å². The average Bonchev–Trinajstić information content (AvgIpc) is 2.71. The van der Waals surface area contributed by atoms with Crippen LogP contribution in [0.2, 0.25) is 0 Å². The molecule has 0 saturated carbocycles. The summed E-state index contributed by atoms with van der Waals surface area (Å²) in [7, 11) is 0. The predicted molar refractivity (Wildman–Crippen MR) is 63.8 cm³/mol. The SMILES string of the molecule is [CH2]C1CCC(C(N)=O)(c2ccc(C(F)(F)F)c(F)c2)N1. The molecule has 0 spiro atoms. The smallest absolute Gasteiger partial charge is 0.368 e. The molecule has 0 aliphatic carbocycles. The number of nitrogens with two attached hydrogens (primary N) is 1. The van der Waals surface area contributed by atoms with Gasteiger partial charge in [0.2, 0.25) is 5.91 Å². The average molecular weight is 289 g/mol. The Morgan fingerprint density at radius 2 is 2.10 bits per heavy atom. The van der Waals surface area contributed by atoms with Crippen LogP contribution in [0.25, 0.3) is 0 Å². The van der Waals surface area contributed by atoms with Gasteiger partial charge in [0.25, 0.3) is 0 Å². The zero-order chi connectivity index (χ0) is 15.1. The Kier molecular flexibility index (Phi) is 3.49. The number of carbonyl (C=O) groups excluding carboxylic acids is 1. The number of amides is 1. The van der Waals surface area contributed by atoms with E-state index in [9.17, 15) is 22.4 Å². The predicted octanol–water partition coefficient (Wildman–Crippen LogP) is 2.11. The molecule has 1 aliphatic heterocycles. The molecule has 1 amide bonds. The fraction of sp³-hybridized carbons (Fsp3) is 0.385. The Labute approximate surface area is 113 Å². The van der Waals surface area contributed by atoms with Gasteiger partial charge in [0.1, 0.15) is 11.4 Å². The molecule has 1 aromatic carbocycles. The van der Waals surface area contributed by atoms with Crippen molar-refractivity contribution >= 4 is 5.91 Å². The van der Waals surface area contributed by atoms with Crippen molar-refractivity contribution in [2.45, 2.75) is 30.6 Å². The van der Waals surface area contributed by atoms with E-state index in [1.165, 1.54) is 0 Å². The van der Waals surface area contributed by atoms with E-state index in [-0.39, 0.29) is 18.0 Å². The highest BCUT2D eigenvalue weighted by Crippen LogP contribution is 2.37. The van der Waals surface area contributed by atoms with Crippen LogP contribution >= 0.6 is 0 Å². The van der Waals surface area contributed by atoms with Gasteiger partial charge in [0.15, 0.2) is 0 Å². The summed E-state index contributed by atoms with van der Waals surface area (Å²) in [4.78, 5) is 11.6. The van der Waals surface area contributed by atoms with Crippen LogP contribution in [0, 0.1) is 12.7 Å². The number of primary amides is 1. The van der Waals surface area contributed by atoms with Gasteiger partial charge in [0.05, 0.1) is 5.56 Å². The van der Waals surface area contributed by atoms with Crippen molar-refractivity contribution in [1.29, 1.82) is 0 Å². The third kappa shape index (κ3) is 2.37. The molecule has 2 rings (SSSR count). The van der Waals surface area contributed by atoms with Gasteiger partial charge in [-0.2, -0.15) is 13.2 Å². The first-order valence-corrected chi connectivity index (χ1v) is 5.95. The minimum absolute atomic E-state index is 0.0849. The third-order valence-electron chi connectivity index (χ3n) is 3.51. The topological polar surface area (TPSA) is 55.1 Å². The quantitative estimate of drug-likeness (QED) is 0.819. The van der Waals surface area contributed by atoms with E-state index < -0.39 is 29.0 Å². The summed E-state index contributed by atoms with van der Waals surface area (Å²) < 4.78 is 51.2. The van der Waals surface area contributed by atoms with Crippen molar-refractivity contribution in [3.63, 3.8) is 0 Å². The number of nitrogens with one attached hydrogen (secondary N) is 1. The lowest BCUT2D eigenvalue weighted by Crippen LogP contribution is -2.50. The zero-order valence-electron chi connectivity index (χ0n) is 10.4. The van der Waals surface area contributed by atoms with E-state index in [1.54, 1.807) is 0 Å². The number of rotatable bonds is 2. The number of benzene rings is 1. The normalized spacial score (nSPS) is 26.8. The molecule has 1 aliphatic rings. The Morgan fingerprint density at radius 3 is 2.50 bits per heavy atom. The summed E-state index contributed by atoms with van der Waals surface area (Å²) in [5.74, 6) is -2.19. The molecule has 1 saturated heterocycles. The van der Waals surface area contributed by atoms with Crippen LogP contribution in [-0.2, 0) is 16.5 Å². The minimum atomic E-state index is -4.78. The lowest BCUT2D eigenvalue weighted by molar-refractivity contribution is -0.140. The van der Waals surface area contributed by atoms with Gasteiger partial charge >= 0.3 is 6.18 Å². The Hall–Kier alpha value is -1.63. The molecule has 7 heteroatoms. The second-order valence-electron chi connectivity index (χ2n) is 4.84. The van der Waals surface area contributed by atoms with Gasteiger partial charge in [0, 0.05) is 6.04 Å². The van der Waals surface area contributed by atoms with E-state index in [2.05, 4.69) is 12.2 Å². The summed E-state index contributed by atoms with van der Waals surface area (Å²) >= 11 is 0. The van der Waals surface area contributed by atoms with Crippen LogP contribution < -0.4 is 11.1 Å². The van der Waals surface area contributed by atoms with Crippen molar-refractivity contribution in [3.8, 4) is 0 Å². The molecule has 1 fully saturated rings. The maximum Gasteiger partial charge on any atom is 0.419 e. The van der Waals surface area contributed by atoms with E-state index in [0.29, 0.717) is 18.6 Å². The standard InChI is InChI=1S/C13H13F4N2O/c1-7-4-5-12(19-7,11(18)20)8-2-3-9(10(14)6-8)13(15,16)17/h2-3,6-7,19H,1,4-5H2,(H2,18,20). The van der Waals surface area contributed by atoms with Crippen molar-refractivity contribution in [2.75, 3.05) is 0 Å². The van der Waals surface area contributed by atoms with Gasteiger partial charge < -0.3 is 5.73 Å². The van der Waals surface area contributed by atoms with Crippen LogP contribution in [0.4, 0.5) is 17.6 Å². The molecular weight excluding hydrogens is 276 g/mol. The monoisotopic (exact) mass is 289 g/mol.